The maximum Gasteiger partial charge on any atom is 0.311 e. The first-order valence-corrected chi connectivity index (χ1v) is 8.65. The standard InChI is InChI=1S/C22H20F2O3/c1-21(2)17(12-18(23)24)22(21,20(26)27)13-14-7-6-10-16(11-14)19(25)15-8-4-3-5-9-15/h3-12,17H,13H2,1-2H3,(H,26,27)/t17?,22-/m0/s1. The van der Waals surface area contributed by atoms with Crippen molar-refractivity contribution in [2.75, 3.05) is 0 Å². The van der Waals surface area contributed by atoms with Crippen molar-refractivity contribution in [1.29, 1.82) is 0 Å². The number of ketones is 1. The van der Waals surface area contributed by atoms with Gasteiger partial charge in [-0.05, 0) is 29.5 Å². The zero-order valence-corrected chi connectivity index (χ0v) is 15.1. The third-order valence-electron chi connectivity index (χ3n) is 5.76. The third-order valence-corrected chi connectivity index (χ3v) is 5.76. The van der Waals surface area contributed by atoms with E-state index in [0.29, 0.717) is 16.7 Å². The summed E-state index contributed by atoms with van der Waals surface area (Å²) in [5, 5.41) is 9.80. The zero-order chi connectivity index (χ0) is 19.8. The second-order valence-electron chi connectivity index (χ2n) is 7.50. The lowest BCUT2D eigenvalue weighted by Gasteiger charge is -2.16. The number of hydrogen-bond donors (Lipinski definition) is 1. The van der Waals surface area contributed by atoms with Crippen LogP contribution in [0.4, 0.5) is 8.78 Å². The van der Waals surface area contributed by atoms with Crippen LogP contribution in [0.1, 0.15) is 35.3 Å². The average molecular weight is 370 g/mol. The number of halogens is 2. The highest BCUT2D eigenvalue weighted by atomic mass is 19.3. The summed E-state index contributed by atoms with van der Waals surface area (Å²) in [5.74, 6) is -2.03. The Morgan fingerprint density at radius 1 is 1.04 bits per heavy atom. The highest BCUT2D eigenvalue weighted by Gasteiger charge is 2.74. The molecular weight excluding hydrogens is 350 g/mol. The SMILES string of the molecule is CC1(C)C(C=C(F)F)[C@@]1(Cc1cccc(C(=O)c2ccccc2)c1)C(=O)O. The van der Waals surface area contributed by atoms with Gasteiger partial charge in [0.15, 0.2) is 5.78 Å². The van der Waals surface area contributed by atoms with Crippen LogP contribution in [0.2, 0.25) is 0 Å². The molecule has 1 unspecified atom stereocenters. The van der Waals surface area contributed by atoms with Crippen LogP contribution >= 0.6 is 0 Å². The molecule has 0 radical (unpaired) electrons. The summed E-state index contributed by atoms with van der Waals surface area (Å²) in [6.07, 6.45) is -1.04. The molecule has 140 valence electrons. The number of rotatable bonds is 6. The van der Waals surface area contributed by atoms with Crippen molar-refractivity contribution in [3.8, 4) is 0 Å². The fourth-order valence-corrected chi connectivity index (χ4v) is 4.09. The molecule has 1 N–H and O–H groups in total. The average Bonchev–Trinajstić information content (AvgIpc) is 3.09. The Balaban J connectivity index is 1.93. The maximum atomic E-state index is 12.8. The van der Waals surface area contributed by atoms with Gasteiger partial charge in [-0.1, -0.05) is 62.4 Å². The predicted molar refractivity (Wildman–Crippen MR) is 97.7 cm³/mol. The fraction of sp³-hybridized carbons (Fsp3) is 0.273. The monoisotopic (exact) mass is 370 g/mol. The molecule has 3 rings (SSSR count). The Morgan fingerprint density at radius 2 is 1.67 bits per heavy atom. The lowest BCUT2D eigenvalue weighted by atomic mass is 9.87. The van der Waals surface area contributed by atoms with Crippen LogP contribution < -0.4 is 0 Å². The van der Waals surface area contributed by atoms with Crippen LogP contribution in [0.25, 0.3) is 0 Å². The van der Waals surface area contributed by atoms with E-state index in [2.05, 4.69) is 0 Å². The number of carbonyl (C=O) groups excluding carboxylic acids is 1. The number of carboxylic acid groups (broad SMARTS) is 1. The van der Waals surface area contributed by atoms with Crippen molar-refractivity contribution >= 4 is 11.8 Å². The number of hydrogen-bond acceptors (Lipinski definition) is 2. The second-order valence-corrected chi connectivity index (χ2v) is 7.50. The van der Waals surface area contributed by atoms with Gasteiger partial charge in [0.2, 0.25) is 0 Å². The van der Waals surface area contributed by atoms with Gasteiger partial charge in [-0.15, -0.1) is 0 Å². The lowest BCUT2D eigenvalue weighted by Crippen LogP contribution is -2.24. The molecule has 5 heteroatoms. The summed E-state index contributed by atoms with van der Waals surface area (Å²) >= 11 is 0. The van der Waals surface area contributed by atoms with E-state index in [1.54, 1.807) is 62.4 Å². The molecule has 0 bridgehead atoms. The Hall–Kier alpha value is -2.82. The predicted octanol–water partition coefficient (Wildman–Crippen LogP) is 4.97. The Morgan fingerprint density at radius 3 is 2.26 bits per heavy atom. The number of allylic oxidation sites excluding steroid dienone is 1. The lowest BCUT2D eigenvalue weighted by molar-refractivity contribution is -0.145. The van der Waals surface area contributed by atoms with E-state index in [1.807, 2.05) is 6.07 Å². The summed E-state index contributed by atoms with van der Waals surface area (Å²) in [6.45, 7) is 3.37. The van der Waals surface area contributed by atoms with Crippen molar-refractivity contribution in [2.24, 2.45) is 16.7 Å². The van der Waals surface area contributed by atoms with Gasteiger partial charge in [-0.2, -0.15) is 8.78 Å². The summed E-state index contributed by atoms with van der Waals surface area (Å²) < 4.78 is 25.6. The number of carbonyl (C=O) groups is 2. The van der Waals surface area contributed by atoms with Gasteiger partial charge in [0.25, 0.3) is 6.08 Å². The van der Waals surface area contributed by atoms with Gasteiger partial charge < -0.3 is 5.11 Å². The highest BCUT2D eigenvalue weighted by molar-refractivity contribution is 6.09. The molecule has 0 aromatic heterocycles. The van der Waals surface area contributed by atoms with Crippen molar-refractivity contribution in [3.63, 3.8) is 0 Å². The quantitative estimate of drug-likeness (QED) is 0.731. The largest absolute Gasteiger partial charge is 0.481 e. The Labute approximate surface area is 156 Å². The van der Waals surface area contributed by atoms with Crippen molar-refractivity contribution in [1.82, 2.24) is 0 Å². The molecule has 3 nitrogen and oxygen atoms in total. The number of carboxylic acids is 1. The second kappa shape index (κ2) is 6.72. The normalized spacial score (nSPS) is 22.7. The Bertz CT molecular complexity index is 914. The molecular formula is C22H20F2O3. The minimum Gasteiger partial charge on any atom is -0.481 e. The molecule has 2 aromatic rings. The molecule has 0 saturated heterocycles. The van der Waals surface area contributed by atoms with Crippen molar-refractivity contribution in [3.05, 3.63) is 83.4 Å². The van der Waals surface area contributed by atoms with E-state index in [0.717, 1.165) is 6.08 Å². The topological polar surface area (TPSA) is 54.4 Å². The summed E-state index contributed by atoms with van der Waals surface area (Å²) in [4.78, 5) is 24.6. The van der Waals surface area contributed by atoms with Gasteiger partial charge in [-0.25, -0.2) is 0 Å². The first-order chi connectivity index (χ1) is 12.7. The van der Waals surface area contributed by atoms with Crippen LogP contribution in [0.15, 0.2) is 66.8 Å². The zero-order valence-electron chi connectivity index (χ0n) is 15.1. The third kappa shape index (κ3) is 3.18. The Kier molecular flexibility index (Phi) is 4.72. The smallest absolute Gasteiger partial charge is 0.311 e. The molecule has 1 aliphatic rings. The van der Waals surface area contributed by atoms with Crippen molar-refractivity contribution in [2.45, 2.75) is 20.3 Å². The van der Waals surface area contributed by atoms with Gasteiger partial charge in [0.05, 0.1) is 5.41 Å². The van der Waals surface area contributed by atoms with E-state index < -0.39 is 28.8 Å². The summed E-state index contributed by atoms with van der Waals surface area (Å²) in [6, 6.07) is 15.5. The fourth-order valence-electron chi connectivity index (χ4n) is 4.09. The molecule has 27 heavy (non-hydrogen) atoms. The van der Waals surface area contributed by atoms with E-state index in [1.165, 1.54) is 0 Å². The molecule has 0 amide bonds. The first kappa shape index (κ1) is 19.0. The molecule has 2 aromatic carbocycles. The minimum atomic E-state index is -1.87. The summed E-state index contributed by atoms with van der Waals surface area (Å²) in [5.41, 5.74) is -0.495. The number of benzene rings is 2. The van der Waals surface area contributed by atoms with Crippen molar-refractivity contribution < 1.29 is 23.5 Å². The van der Waals surface area contributed by atoms with Gasteiger partial charge in [-0.3, -0.25) is 9.59 Å². The van der Waals surface area contributed by atoms with Gasteiger partial charge in [0, 0.05) is 17.0 Å². The maximum absolute atomic E-state index is 12.8. The molecule has 0 spiro atoms. The van der Waals surface area contributed by atoms with Crippen LogP contribution in [0, 0.1) is 16.7 Å². The van der Waals surface area contributed by atoms with Crippen LogP contribution in [0.5, 0.6) is 0 Å². The van der Waals surface area contributed by atoms with Crippen LogP contribution in [0.3, 0.4) is 0 Å². The van der Waals surface area contributed by atoms with Gasteiger partial charge >= 0.3 is 5.97 Å². The van der Waals surface area contributed by atoms with E-state index in [-0.39, 0.29) is 12.2 Å². The van der Waals surface area contributed by atoms with E-state index in [9.17, 15) is 23.5 Å². The molecule has 2 atom stereocenters. The van der Waals surface area contributed by atoms with Gasteiger partial charge in [0.1, 0.15) is 0 Å². The molecule has 1 fully saturated rings. The molecule has 1 aliphatic carbocycles. The molecule has 1 saturated carbocycles. The van der Waals surface area contributed by atoms with Crippen LogP contribution in [-0.4, -0.2) is 16.9 Å². The van der Waals surface area contributed by atoms with E-state index >= 15 is 0 Å². The highest BCUT2D eigenvalue weighted by Crippen LogP contribution is 2.71. The minimum absolute atomic E-state index is 0.0830. The molecule has 0 heterocycles. The number of aliphatic carboxylic acids is 1. The van der Waals surface area contributed by atoms with Crippen LogP contribution in [-0.2, 0) is 11.2 Å². The first-order valence-electron chi connectivity index (χ1n) is 8.65. The van der Waals surface area contributed by atoms with E-state index in [4.69, 9.17) is 0 Å². The summed E-state index contributed by atoms with van der Waals surface area (Å²) in [7, 11) is 0. The molecule has 0 aliphatic heterocycles.